The standard InChI is InChI=1S/C14H17NO4/c16-13(12-2-1-6-18-12)9-3-4-11-10(8-9)14(17)15-5-7-19-11/h3-4,8,12-13,16H,1-2,5-7H2,(H,15,17). The molecule has 5 heteroatoms. The molecule has 1 aromatic rings. The molecular formula is C14H17NO4. The predicted molar refractivity (Wildman–Crippen MR) is 68.2 cm³/mol. The molecule has 2 N–H and O–H groups in total. The van der Waals surface area contributed by atoms with Gasteiger partial charge in [-0.05, 0) is 30.5 Å². The van der Waals surface area contributed by atoms with Gasteiger partial charge in [0.25, 0.3) is 5.91 Å². The van der Waals surface area contributed by atoms with Gasteiger partial charge >= 0.3 is 0 Å². The Hall–Kier alpha value is -1.59. The van der Waals surface area contributed by atoms with Crippen LogP contribution < -0.4 is 10.1 Å². The summed E-state index contributed by atoms with van der Waals surface area (Å²) in [6, 6.07) is 5.24. The zero-order chi connectivity index (χ0) is 13.2. The van der Waals surface area contributed by atoms with Crippen LogP contribution in [0.3, 0.4) is 0 Å². The maximum absolute atomic E-state index is 11.9. The van der Waals surface area contributed by atoms with Gasteiger partial charge in [-0.25, -0.2) is 0 Å². The number of ether oxygens (including phenoxy) is 2. The summed E-state index contributed by atoms with van der Waals surface area (Å²) in [6.07, 6.45) is 0.952. The Bertz CT molecular complexity index is 482. The summed E-state index contributed by atoms with van der Waals surface area (Å²) < 4.78 is 11.0. The smallest absolute Gasteiger partial charge is 0.255 e. The summed E-state index contributed by atoms with van der Waals surface area (Å²) in [5.74, 6) is 0.409. The van der Waals surface area contributed by atoms with Gasteiger partial charge in [0.1, 0.15) is 18.5 Å². The van der Waals surface area contributed by atoms with Crippen molar-refractivity contribution in [2.75, 3.05) is 19.8 Å². The Balaban J connectivity index is 1.89. The molecule has 1 fully saturated rings. The molecule has 5 nitrogen and oxygen atoms in total. The molecule has 1 saturated heterocycles. The summed E-state index contributed by atoms with van der Waals surface area (Å²) in [6.45, 7) is 1.65. The normalized spacial score (nSPS) is 24.1. The van der Waals surface area contributed by atoms with Crippen LogP contribution in [0, 0.1) is 0 Å². The highest BCUT2D eigenvalue weighted by Gasteiger charge is 2.27. The number of aliphatic hydroxyl groups excluding tert-OH is 1. The highest BCUT2D eigenvalue weighted by atomic mass is 16.5. The number of amides is 1. The van der Waals surface area contributed by atoms with Crippen LogP contribution in [0.25, 0.3) is 0 Å². The van der Waals surface area contributed by atoms with E-state index in [1.807, 2.05) is 0 Å². The van der Waals surface area contributed by atoms with E-state index in [2.05, 4.69) is 5.32 Å². The number of benzene rings is 1. The fourth-order valence-corrected chi connectivity index (χ4v) is 2.52. The lowest BCUT2D eigenvalue weighted by Gasteiger charge is -2.18. The van der Waals surface area contributed by atoms with Crippen molar-refractivity contribution in [3.8, 4) is 5.75 Å². The van der Waals surface area contributed by atoms with E-state index in [9.17, 15) is 9.90 Å². The molecule has 1 aromatic carbocycles. The van der Waals surface area contributed by atoms with Crippen LogP contribution in [0.5, 0.6) is 5.75 Å². The summed E-state index contributed by atoms with van der Waals surface area (Å²) in [5, 5.41) is 13.0. The van der Waals surface area contributed by atoms with Gasteiger partial charge in [-0.1, -0.05) is 6.07 Å². The first kappa shape index (κ1) is 12.4. The minimum atomic E-state index is -0.691. The largest absolute Gasteiger partial charge is 0.491 e. The first-order chi connectivity index (χ1) is 9.25. The third-order valence-electron chi connectivity index (χ3n) is 3.55. The van der Waals surface area contributed by atoms with Crippen molar-refractivity contribution in [2.45, 2.75) is 25.0 Å². The SMILES string of the molecule is O=C1NCCOc2ccc(C(O)C3CCCO3)cc21. The van der Waals surface area contributed by atoms with Crippen molar-refractivity contribution in [3.63, 3.8) is 0 Å². The molecule has 0 aliphatic carbocycles. The number of aliphatic hydroxyl groups is 1. The third-order valence-corrected chi connectivity index (χ3v) is 3.55. The van der Waals surface area contributed by atoms with Gasteiger partial charge in [-0.15, -0.1) is 0 Å². The van der Waals surface area contributed by atoms with Crippen molar-refractivity contribution < 1.29 is 19.4 Å². The fraction of sp³-hybridized carbons (Fsp3) is 0.500. The van der Waals surface area contributed by atoms with Gasteiger partial charge in [-0.3, -0.25) is 4.79 Å². The van der Waals surface area contributed by atoms with Crippen LogP contribution in [0.4, 0.5) is 0 Å². The average Bonchev–Trinajstić information content (AvgIpc) is 2.90. The highest BCUT2D eigenvalue weighted by molar-refractivity contribution is 5.97. The molecule has 0 radical (unpaired) electrons. The molecule has 0 bridgehead atoms. The Morgan fingerprint density at radius 3 is 3.05 bits per heavy atom. The second-order valence-electron chi connectivity index (χ2n) is 4.86. The molecule has 2 unspecified atom stereocenters. The van der Waals surface area contributed by atoms with E-state index < -0.39 is 6.10 Å². The number of hydrogen-bond donors (Lipinski definition) is 2. The van der Waals surface area contributed by atoms with Crippen LogP contribution in [0.15, 0.2) is 18.2 Å². The maximum Gasteiger partial charge on any atom is 0.255 e. The second-order valence-corrected chi connectivity index (χ2v) is 4.86. The molecule has 0 saturated carbocycles. The van der Waals surface area contributed by atoms with Crippen LogP contribution in [0.2, 0.25) is 0 Å². The molecule has 102 valence electrons. The van der Waals surface area contributed by atoms with Crippen LogP contribution in [-0.2, 0) is 4.74 Å². The van der Waals surface area contributed by atoms with Gasteiger partial charge in [-0.2, -0.15) is 0 Å². The molecule has 2 aliphatic heterocycles. The molecule has 2 aliphatic rings. The topological polar surface area (TPSA) is 67.8 Å². The zero-order valence-corrected chi connectivity index (χ0v) is 10.6. The van der Waals surface area contributed by atoms with Gasteiger partial charge in [0.15, 0.2) is 0 Å². The van der Waals surface area contributed by atoms with Crippen molar-refractivity contribution in [1.82, 2.24) is 5.32 Å². The first-order valence-corrected chi connectivity index (χ1v) is 6.60. The Morgan fingerprint density at radius 2 is 2.26 bits per heavy atom. The summed E-state index contributed by atoms with van der Waals surface area (Å²) >= 11 is 0. The lowest BCUT2D eigenvalue weighted by Crippen LogP contribution is -2.24. The van der Waals surface area contributed by atoms with E-state index in [0.29, 0.717) is 36.6 Å². The monoisotopic (exact) mass is 263 g/mol. The summed E-state index contributed by atoms with van der Waals surface area (Å²) in [5.41, 5.74) is 1.18. The third kappa shape index (κ3) is 2.43. The van der Waals surface area contributed by atoms with Crippen LogP contribution >= 0.6 is 0 Å². The van der Waals surface area contributed by atoms with Crippen molar-refractivity contribution >= 4 is 5.91 Å². The fourth-order valence-electron chi connectivity index (χ4n) is 2.52. The minimum absolute atomic E-state index is 0.158. The molecule has 0 aromatic heterocycles. The number of carbonyl (C=O) groups is 1. The molecular weight excluding hydrogens is 246 g/mol. The van der Waals surface area contributed by atoms with Gasteiger partial charge in [0.05, 0.1) is 18.2 Å². The van der Waals surface area contributed by atoms with Crippen LogP contribution in [-0.4, -0.2) is 36.9 Å². The number of fused-ring (bicyclic) bond motifs is 1. The van der Waals surface area contributed by atoms with E-state index >= 15 is 0 Å². The van der Waals surface area contributed by atoms with E-state index in [0.717, 1.165) is 12.8 Å². The van der Waals surface area contributed by atoms with E-state index in [1.54, 1.807) is 18.2 Å². The summed E-state index contributed by atoms with van der Waals surface area (Å²) in [4.78, 5) is 11.9. The number of carbonyl (C=O) groups excluding carboxylic acids is 1. The maximum atomic E-state index is 11.9. The van der Waals surface area contributed by atoms with Crippen molar-refractivity contribution in [1.29, 1.82) is 0 Å². The second kappa shape index (κ2) is 5.19. The van der Waals surface area contributed by atoms with Gasteiger partial charge < -0.3 is 19.9 Å². The zero-order valence-electron chi connectivity index (χ0n) is 10.6. The quantitative estimate of drug-likeness (QED) is 0.836. The molecule has 0 spiro atoms. The Labute approximate surface area is 111 Å². The molecule has 1 amide bonds. The van der Waals surface area contributed by atoms with Crippen molar-refractivity contribution in [3.05, 3.63) is 29.3 Å². The molecule has 2 atom stereocenters. The number of rotatable bonds is 2. The Kier molecular flexibility index (Phi) is 3.40. The first-order valence-electron chi connectivity index (χ1n) is 6.60. The van der Waals surface area contributed by atoms with Crippen LogP contribution in [0.1, 0.15) is 34.9 Å². The Morgan fingerprint density at radius 1 is 1.37 bits per heavy atom. The lowest BCUT2D eigenvalue weighted by molar-refractivity contribution is -0.00263. The summed E-state index contributed by atoms with van der Waals surface area (Å²) in [7, 11) is 0. The average molecular weight is 263 g/mol. The molecule has 19 heavy (non-hydrogen) atoms. The van der Waals surface area contributed by atoms with E-state index in [4.69, 9.17) is 9.47 Å². The number of hydrogen-bond acceptors (Lipinski definition) is 4. The molecule has 2 heterocycles. The predicted octanol–water partition coefficient (Wildman–Crippen LogP) is 1.02. The highest BCUT2D eigenvalue weighted by Crippen LogP contribution is 2.30. The minimum Gasteiger partial charge on any atom is -0.491 e. The van der Waals surface area contributed by atoms with E-state index in [-0.39, 0.29) is 12.0 Å². The van der Waals surface area contributed by atoms with Crippen molar-refractivity contribution in [2.24, 2.45) is 0 Å². The lowest BCUT2D eigenvalue weighted by atomic mass is 9.99. The molecule has 3 rings (SSSR count). The van der Waals surface area contributed by atoms with E-state index in [1.165, 1.54) is 0 Å². The van der Waals surface area contributed by atoms with Gasteiger partial charge in [0, 0.05) is 6.61 Å². The van der Waals surface area contributed by atoms with Gasteiger partial charge in [0.2, 0.25) is 0 Å². The number of nitrogens with one attached hydrogen (secondary N) is 1.